The quantitative estimate of drug-likeness (QED) is 0.498. The van der Waals surface area contributed by atoms with Crippen molar-refractivity contribution < 1.29 is 0 Å². The molecule has 2 aromatic carbocycles. The average molecular weight is 417 g/mol. The molecule has 4 aromatic rings. The van der Waals surface area contributed by atoms with Crippen molar-refractivity contribution in [2.24, 2.45) is 0 Å². The topological polar surface area (TPSA) is 77.7 Å². The lowest BCUT2D eigenvalue weighted by molar-refractivity contribution is 1.04. The van der Waals surface area contributed by atoms with Gasteiger partial charge in [-0.1, -0.05) is 42.5 Å². The third kappa shape index (κ3) is 4.32. The summed E-state index contributed by atoms with van der Waals surface area (Å²) in [6.45, 7) is 0. The van der Waals surface area contributed by atoms with Crippen molar-refractivity contribution in [2.45, 2.75) is 5.92 Å². The van der Waals surface area contributed by atoms with E-state index in [9.17, 15) is 5.26 Å². The molecule has 0 aliphatic rings. The molecule has 0 radical (unpaired) electrons. The van der Waals surface area contributed by atoms with Gasteiger partial charge in [0.05, 0.1) is 23.7 Å². The first kappa shape index (κ1) is 21.0. The van der Waals surface area contributed by atoms with E-state index in [0.717, 1.165) is 33.5 Å². The second-order valence-electron chi connectivity index (χ2n) is 6.90. The Bertz CT molecular complexity index is 1170. The van der Waals surface area contributed by atoms with Crippen LogP contribution in [0.2, 0.25) is 0 Å². The van der Waals surface area contributed by atoms with E-state index in [1.165, 1.54) is 6.33 Å². The standard InChI is InChI=1S/C23H20N6.ClH/c1-29(2)22-12-19-21(14-25-22)26-15-27-23(19)28-18-10-8-17(9-11-18)20(13-24)16-6-4-3-5-7-16;/h3-12,14-15,20H,1-2H3,(H,26,27,28);1H. The van der Waals surface area contributed by atoms with E-state index < -0.39 is 0 Å². The van der Waals surface area contributed by atoms with Gasteiger partial charge in [0, 0.05) is 25.2 Å². The molecule has 1 N–H and O–H groups in total. The number of benzene rings is 2. The van der Waals surface area contributed by atoms with Crippen molar-refractivity contribution in [3.8, 4) is 6.07 Å². The molecule has 0 saturated heterocycles. The largest absolute Gasteiger partial charge is 0.363 e. The van der Waals surface area contributed by atoms with Crippen LogP contribution >= 0.6 is 12.4 Å². The highest BCUT2D eigenvalue weighted by atomic mass is 35.5. The third-order valence-corrected chi connectivity index (χ3v) is 4.73. The molecule has 2 aromatic heterocycles. The van der Waals surface area contributed by atoms with Crippen LogP contribution in [0.4, 0.5) is 17.3 Å². The molecule has 0 amide bonds. The Labute approximate surface area is 181 Å². The number of hydrogen-bond donors (Lipinski definition) is 1. The van der Waals surface area contributed by atoms with Crippen molar-refractivity contribution >= 4 is 40.6 Å². The van der Waals surface area contributed by atoms with Gasteiger partial charge in [-0.05, 0) is 29.3 Å². The minimum Gasteiger partial charge on any atom is -0.363 e. The molecule has 30 heavy (non-hydrogen) atoms. The summed E-state index contributed by atoms with van der Waals surface area (Å²) in [6, 6.07) is 22.0. The summed E-state index contributed by atoms with van der Waals surface area (Å²) < 4.78 is 0. The minimum absolute atomic E-state index is 0. The summed E-state index contributed by atoms with van der Waals surface area (Å²) in [7, 11) is 3.89. The molecule has 0 saturated carbocycles. The average Bonchev–Trinajstić information content (AvgIpc) is 2.76. The van der Waals surface area contributed by atoms with Crippen molar-refractivity contribution in [1.29, 1.82) is 5.26 Å². The lowest BCUT2D eigenvalue weighted by atomic mass is 9.92. The zero-order chi connectivity index (χ0) is 20.2. The molecular weight excluding hydrogens is 396 g/mol. The highest BCUT2D eigenvalue weighted by molar-refractivity contribution is 5.91. The molecule has 0 bridgehead atoms. The van der Waals surface area contributed by atoms with Crippen LogP contribution in [0, 0.1) is 11.3 Å². The van der Waals surface area contributed by atoms with Gasteiger partial charge in [0.2, 0.25) is 0 Å². The molecule has 1 unspecified atom stereocenters. The Hall–Kier alpha value is -3.69. The van der Waals surface area contributed by atoms with Gasteiger partial charge in [0.15, 0.2) is 0 Å². The monoisotopic (exact) mass is 416 g/mol. The SMILES string of the molecule is CN(C)c1cc2c(Nc3ccc(C(C#N)c4ccccc4)cc3)ncnc2cn1.Cl. The highest BCUT2D eigenvalue weighted by Gasteiger charge is 2.13. The molecule has 1 atom stereocenters. The normalized spacial score (nSPS) is 11.2. The summed E-state index contributed by atoms with van der Waals surface area (Å²) in [5, 5.41) is 13.9. The Morgan fingerprint density at radius 1 is 0.933 bits per heavy atom. The van der Waals surface area contributed by atoms with Gasteiger partial charge in [0.1, 0.15) is 18.0 Å². The molecule has 0 aliphatic carbocycles. The smallest absolute Gasteiger partial charge is 0.141 e. The van der Waals surface area contributed by atoms with E-state index in [-0.39, 0.29) is 18.3 Å². The first-order valence-electron chi connectivity index (χ1n) is 9.25. The highest BCUT2D eigenvalue weighted by Crippen LogP contribution is 2.28. The van der Waals surface area contributed by atoms with Gasteiger partial charge in [-0.2, -0.15) is 5.26 Å². The fourth-order valence-electron chi connectivity index (χ4n) is 3.17. The Kier molecular flexibility index (Phi) is 6.45. The first-order chi connectivity index (χ1) is 14.2. The van der Waals surface area contributed by atoms with E-state index in [2.05, 4.69) is 26.3 Å². The van der Waals surface area contributed by atoms with Gasteiger partial charge in [0.25, 0.3) is 0 Å². The molecule has 150 valence electrons. The predicted octanol–water partition coefficient (Wildman–Crippen LogP) is 4.91. The summed E-state index contributed by atoms with van der Waals surface area (Å²) in [6.07, 6.45) is 3.27. The number of pyridine rings is 1. The van der Waals surface area contributed by atoms with Crippen molar-refractivity contribution in [1.82, 2.24) is 15.0 Å². The van der Waals surface area contributed by atoms with Crippen LogP contribution in [-0.2, 0) is 0 Å². The van der Waals surface area contributed by atoms with Gasteiger partial charge < -0.3 is 10.2 Å². The van der Waals surface area contributed by atoms with Crippen LogP contribution in [-0.4, -0.2) is 29.0 Å². The molecule has 0 fully saturated rings. The van der Waals surface area contributed by atoms with Gasteiger partial charge in [-0.3, -0.25) is 0 Å². The van der Waals surface area contributed by atoms with E-state index in [4.69, 9.17) is 0 Å². The fraction of sp³-hybridized carbons (Fsp3) is 0.130. The Morgan fingerprint density at radius 3 is 2.30 bits per heavy atom. The number of nitriles is 1. The van der Waals surface area contributed by atoms with Gasteiger partial charge >= 0.3 is 0 Å². The van der Waals surface area contributed by atoms with Crippen molar-refractivity contribution in [2.75, 3.05) is 24.3 Å². The van der Waals surface area contributed by atoms with Crippen molar-refractivity contribution in [3.63, 3.8) is 0 Å². The molecule has 7 heteroatoms. The maximum Gasteiger partial charge on any atom is 0.141 e. The molecule has 6 nitrogen and oxygen atoms in total. The second-order valence-corrected chi connectivity index (χ2v) is 6.90. The lowest BCUT2D eigenvalue weighted by Crippen LogP contribution is -2.10. The van der Waals surface area contributed by atoms with Crippen LogP contribution in [0.5, 0.6) is 0 Å². The number of nitrogens with one attached hydrogen (secondary N) is 1. The van der Waals surface area contributed by atoms with Gasteiger partial charge in [-0.25, -0.2) is 15.0 Å². The second kappa shape index (κ2) is 9.21. The first-order valence-corrected chi connectivity index (χ1v) is 9.25. The van der Waals surface area contributed by atoms with Crippen LogP contribution < -0.4 is 10.2 Å². The number of nitrogens with zero attached hydrogens (tertiary/aromatic N) is 5. The van der Waals surface area contributed by atoms with E-state index >= 15 is 0 Å². The Morgan fingerprint density at radius 2 is 1.63 bits per heavy atom. The summed E-state index contributed by atoms with van der Waals surface area (Å²) in [4.78, 5) is 15.0. The summed E-state index contributed by atoms with van der Waals surface area (Å²) in [5.41, 5.74) is 3.61. The zero-order valence-electron chi connectivity index (χ0n) is 16.6. The fourth-order valence-corrected chi connectivity index (χ4v) is 3.17. The number of hydrogen-bond acceptors (Lipinski definition) is 6. The zero-order valence-corrected chi connectivity index (χ0v) is 17.5. The molecule has 4 rings (SSSR count). The number of fused-ring (bicyclic) bond motifs is 1. The molecule has 2 heterocycles. The van der Waals surface area contributed by atoms with Crippen molar-refractivity contribution in [3.05, 3.63) is 84.3 Å². The minimum atomic E-state index is -0.293. The number of anilines is 3. The van der Waals surface area contributed by atoms with E-state index in [0.29, 0.717) is 5.82 Å². The summed E-state index contributed by atoms with van der Waals surface area (Å²) >= 11 is 0. The predicted molar refractivity (Wildman–Crippen MR) is 123 cm³/mol. The van der Waals surface area contributed by atoms with Crippen LogP contribution in [0.1, 0.15) is 17.0 Å². The van der Waals surface area contributed by atoms with E-state index in [1.807, 2.05) is 79.7 Å². The van der Waals surface area contributed by atoms with Gasteiger partial charge in [-0.15, -0.1) is 12.4 Å². The van der Waals surface area contributed by atoms with E-state index in [1.54, 1.807) is 6.20 Å². The Balaban J connectivity index is 0.00000256. The summed E-state index contributed by atoms with van der Waals surface area (Å²) in [5.74, 6) is 1.26. The number of aromatic nitrogens is 3. The third-order valence-electron chi connectivity index (χ3n) is 4.73. The number of rotatable bonds is 5. The molecule has 0 aliphatic heterocycles. The van der Waals surface area contributed by atoms with Crippen LogP contribution in [0.15, 0.2) is 73.2 Å². The number of halogens is 1. The maximum atomic E-state index is 9.63. The maximum absolute atomic E-state index is 9.63. The lowest BCUT2D eigenvalue weighted by Gasteiger charge is -2.14. The molecular formula is C23H21ClN6. The molecule has 0 spiro atoms. The van der Waals surface area contributed by atoms with Crippen LogP contribution in [0.3, 0.4) is 0 Å². The van der Waals surface area contributed by atoms with Crippen LogP contribution in [0.25, 0.3) is 10.9 Å².